The maximum atomic E-state index is 5.42. The minimum Gasteiger partial charge on any atom is -0.359 e. The topological polar surface area (TPSA) is 24.1 Å². The van der Waals surface area contributed by atoms with Crippen molar-refractivity contribution < 1.29 is 0 Å². The minimum absolute atomic E-state index is 0.171. The molecular formula is C17H22N2S. The van der Waals surface area contributed by atoms with Crippen LogP contribution in [0.1, 0.15) is 27.7 Å². The van der Waals surface area contributed by atoms with E-state index in [-0.39, 0.29) is 5.41 Å². The zero-order valence-corrected chi connectivity index (χ0v) is 13.3. The van der Waals surface area contributed by atoms with E-state index < -0.39 is 0 Å². The molecule has 2 aromatic rings. The predicted molar refractivity (Wildman–Crippen MR) is 92.2 cm³/mol. The van der Waals surface area contributed by atoms with Crippen molar-refractivity contribution in [2.75, 3.05) is 5.32 Å². The van der Waals surface area contributed by atoms with Crippen LogP contribution in [0.15, 0.2) is 42.5 Å². The van der Waals surface area contributed by atoms with Crippen LogP contribution < -0.4 is 10.6 Å². The number of anilines is 1. The zero-order chi connectivity index (χ0) is 14.8. The number of fused-ring (bicyclic) bond motifs is 1. The van der Waals surface area contributed by atoms with Gasteiger partial charge >= 0.3 is 0 Å². The molecule has 0 fully saturated rings. The summed E-state index contributed by atoms with van der Waals surface area (Å²) in [5.74, 6) is 0. The van der Waals surface area contributed by atoms with Crippen LogP contribution in [0.5, 0.6) is 0 Å². The van der Waals surface area contributed by atoms with Gasteiger partial charge in [0.25, 0.3) is 0 Å². The lowest BCUT2D eigenvalue weighted by molar-refractivity contribution is 0.317. The first-order chi connectivity index (χ1) is 9.38. The molecule has 1 atom stereocenters. The fourth-order valence-corrected chi connectivity index (χ4v) is 2.19. The van der Waals surface area contributed by atoms with Crippen molar-refractivity contribution in [1.29, 1.82) is 0 Å². The number of hydrogen-bond donors (Lipinski definition) is 2. The maximum absolute atomic E-state index is 5.42. The lowest BCUT2D eigenvalue weighted by Gasteiger charge is -2.29. The fraction of sp³-hybridized carbons (Fsp3) is 0.353. The highest BCUT2D eigenvalue weighted by Crippen LogP contribution is 2.23. The molecule has 0 heterocycles. The maximum Gasteiger partial charge on any atom is 0.171 e. The Balaban J connectivity index is 2.15. The molecule has 0 aromatic heterocycles. The van der Waals surface area contributed by atoms with E-state index in [2.05, 4.69) is 62.6 Å². The van der Waals surface area contributed by atoms with Crippen LogP contribution >= 0.6 is 12.2 Å². The Kier molecular flexibility index (Phi) is 4.29. The van der Waals surface area contributed by atoms with E-state index in [1.165, 1.54) is 10.8 Å². The first kappa shape index (κ1) is 14.8. The van der Waals surface area contributed by atoms with Crippen molar-refractivity contribution in [2.24, 2.45) is 5.41 Å². The summed E-state index contributed by atoms with van der Waals surface area (Å²) in [6.45, 7) is 8.75. The molecule has 106 valence electrons. The number of rotatable bonds is 2. The lowest BCUT2D eigenvalue weighted by atomic mass is 9.88. The quantitative estimate of drug-likeness (QED) is 0.791. The summed E-state index contributed by atoms with van der Waals surface area (Å²) in [5.41, 5.74) is 1.21. The first-order valence-electron chi connectivity index (χ1n) is 6.93. The second-order valence-electron chi connectivity index (χ2n) is 6.21. The highest BCUT2D eigenvalue weighted by atomic mass is 32.1. The van der Waals surface area contributed by atoms with Crippen LogP contribution in [0.2, 0.25) is 0 Å². The molecule has 2 rings (SSSR count). The number of hydrogen-bond acceptors (Lipinski definition) is 1. The number of thiocarbonyl (C=S) groups is 1. The Labute approximate surface area is 126 Å². The lowest BCUT2D eigenvalue weighted by Crippen LogP contribution is -2.43. The van der Waals surface area contributed by atoms with Gasteiger partial charge in [-0.2, -0.15) is 0 Å². The van der Waals surface area contributed by atoms with Gasteiger partial charge in [-0.1, -0.05) is 57.2 Å². The van der Waals surface area contributed by atoms with Gasteiger partial charge in [-0.15, -0.1) is 0 Å². The molecule has 1 unspecified atom stereocenters. The normalized spacial score (nSPS) is 13.0. The molecule has 0 aliphatic heterocycles. The Morgan fingerprint density at radius 2 is 1.70 bits per heavy atom. The molecule has 20 heavy (non-hydrogen) atoms. The fourth-order valence-electron chi connectivity index (χ4n) is 1.91. The van der Waals surface area contributed by atoms with Gasteiger partial charge in [0.1, 0.15) is 0 Å². The van der Waals surface area contributed by atoms with Crippen LogP contribution in [-0.4, -0.2) is 11.2 Å². The molecule has 0 saturated carbocycles. The summed E-state index contributed by atoms with van der Waals surface area (Å²) < 4.78 is 0. The summed E-state index contributed by atoms with van der Waals surface area (Å²) in [6, 6.07) is 14.8. The van der Waals surface area contributed by atoms with Gasteiger partial charge in [0, 0.05) is 17.1 Å². The Bertz CT molecular complexity index is 608. The van der Waals surface area contributed by atoms with Gasteiger partial charge in [-0.05, 0) is 36.0 Å². The van der Waals surface area contributed by atoms with Gasteiger partial charge < -0.3 is 10.6 Å². The second kappa shape index (κ2) is 5.80. The van der Waals surface area contributed by atoms with Crippen molar-refractivity contribution in [3.05, 3.63) is 42.5 Å². The van der Waals surface area contributed by atoms with E-state index in [9.17, 15) is 0 Å². The molecule has 3 heteroatoms. The number of nitrogens with one attached hydrogen (secondary N) is 2. The van der Waals surface area contributed by atoms with Crippen LogP contribution in [0, 0.1) is 5.41 Å². The zero-order valence-electron chi connectivity index (χ0n) is 12.5. The summed E-state index contributed by atoms with van der Waals surface area (Å²) in [6.07, 6.45) is 0. The third-order valence-electron chi connectivity index (χ3n) is 3.68. The van der Waals surface area contributed by atoms with E-state index >= 15 is 0 Å². The summed E-state index contributed by atoms with van der Waals surface area (Å²) in [5, 5.41) is 9.73. The van der Waals surface area contributed by atoms with E-state index in [0.29, 0.717) is 11.2 Å². The van der Waals surface area contributed by atoms with E-state index in [0.717, 1.165) is 5.69 Å². The Hall–Kier alpha value is -1.61. The summed E-state index contributed by atoms with van der Waals surface area (Å²) >= 11 is 5.42. The van der Waals surface area contributed by atoms with E-state index in [4.69, 9.17) is 12.2 Å². The van der Waals surface area contributed by atoms with Crippen LogP contribution in [0.4, 0.5) is 5.69 Å². The molecule has 0 spiro atoms. The predicted octanol–water partition coefficient (Wildman–Crippen LogP) is 4.56. The monoisotopic (exact) mass is 286 g/mol. The molecular weight excluding hydrogens is 264 g/mol. The highest BCUT2D eigenvalue weighted by molar-refractivity contribution is 7.80. The van der Waals surface area contributed by atoms with Crippen molar-refractivity contribution in [3.63, 3.8) is 0 Å². The Morgan fingerprint density at radius 1 is 1.05 bits per heavy atom. The number of benzene rings is 2. The summed E-state index contributed by atoms with van der Waals surface area (Å²) in [4.78, 5) is 0. The van der Waals surface area contributed by atoms with Gasteiger partial charge in [0.05, 0.1) is 0 Å². The van der Waals surface area contributed by atoms with E-state index in [1.54, 1.807) is 0 Å². The smallest absolute Gasteiger partial charge is 0.171 e. The molecule has 2 nitrogen and oxygen atoms in total. The molecule has 0 aliphatic carbocycles. The van der Waals surface area contributed by atoms with Gasteiger partial charge in [0.2, 0.25) is 0 Å². The molecule has 2 N–H and O–H groups in total. The minimum atomic E-state index is 0.171. The molecule has 2 aromatic carbocycles. The molecule has 0 aliphatic rings. The van der Waals surface area contributed by atoms with Crippen molar-refractivity contribution in [1.82, 2.24) is 5.32 Å². The largest absolute Gasteiger partial charge is 0.359 e. The van der Waals surface area contributed by atoms with Crippen LogP contribution in [-0.2, 0) is 0 Å². The van der Waals surface area contributed by atoms with Gasteiger partial charge in [0.15, 0.2) is 5.11 Å². The molecule has 0 bridgehead atoms. The summed E-state index contributed by atoms with van der Waals surface area (Å²) in [7, 11) is 0. The molecule has 0 saturated heterocycles. The average Bonchev–Trinajstić information content (AvgIpc) is 2.38. The third-order valence-corrected chi connectivity index (χ3v) is 3.90. The molecule has 0 amide bonds. The SMILES string of the molecule is CC(NC(=S)Nc1cccc2ccccc12)C(C)(C)C. The van der Waals surface area contributed by atoms with Crippen molar-refractivity contribution >= 4 is 33.8 Å². The van der Waals surface area contributed by atoms with E-state index in [1.807, 2.05) is 18.2 Å². The van der Waals surface area contributed by atoms with Crippen molar-refractivity contribution in [3.8, 4) is 0 Å². The molecule has 0 radical (unpaired) electrons. The third kappa shape index (κ3) is 3.48. The standard InChI is InChI=1S/C17H22N2S/c1-12(17(2,3)4)18-16(20)19-15-11-7-9-13-8-5-6-10-14(13)15/h5-12H,1-4H3,(H2,18,19,20). The Morgan fingerprint density at radius 3 is 2.40 bits per heavy atom. The van der Waals surface area contributed by atoms with Crippen molar-refractivity contribution in [2.45, 2.75) is 33.7 Å². The first-order valence-corrected chi connectivity index (χ1v) is 7.34. The van der Waals surface area contributed by atoms with Gasteiger partial charge in [-0.3, -0.25) is 0 Å². The van der Waals surface area contributed by atoms with Gasteiger partial charge in [-0.25, -0.2) is 0 Å². The highest BCUT2D eigenvalue weighted by Gasteiger charge is 2.20. The van der Waals surface area contributed by atoms with Crippen LogP contribution in [0.3, 0.4) is 0 Å². The average molecular weight is 286 g/mol. The second-order valence-corrected chi connectivity index (χ2v) is 6.62. The van der Waals surface area contributed by atoms with Crippen LogP contribution in [0.25, 0.3) is 10.8 Å².